The Labute approximate surface area is 79.3 Å². The summed E-state index contributed by atoms with van der Waals surface area (Å²) in [5.74, 6) is 5.97. The molecule has 1 aromatic heterocycles. The third kappa shape index (κ3) is 2.96. The van der Waals surface area contributed by atoms with Crippen LogP contribution in [0.1, 0.15) is 31.9 Å². The molecule has 0 spiro atoms. The lowest BCUT2D eigenvalue weighted by molar-refractivity contribution is 0.533. The largest absolute Gasteiger partial charge is 0.472 e. The molecule has 0 aromatic carbocycles. The van der Waals surface area contributed by atoms with Crippen LogP contribution in [0.5, 0.6) is 0 Å². The van der Waals surface area contributed by atoms with Crippen molar-refractivity contribution in [2.45, 2.75) is 26.3 Å². The first kappa shape index (κ1) is 9.88. The second-order valence-electron chi connectivity index (χ2n) is 2.80. The third-order valence-corrected chi connectivity index (χ3v) is 1.88. The molecule has 0 saturated heterocycles. The monoisotopic (exact) mass is 177 g/mol. The molecule has 2 nitrogen and oxygen atoms in total. The number of hydrogen-bond donors (Lipinski definition) is 1. The summed E-state index contributed by atoms with van der Waals surface area (Å²) in [6.45, 7) is 4.89. The molecule has 1 N–H and O–H groups in total. The Morgan fingerprint density at radius 1 is 1.62 bits per heavy atom. The Bertz CT molecular complexity index is 279. The van der Waals surface area contributed by atoms with E-state index in [-0.39, 0.29) is 0 Å². The smallest absolute Gasteiger partial charge is 0.0950 e. The quantitative estimate of drug-likeness (QED) is 0.714. The molecule has 0 radical (unpaired) electrons. The van der Waals surface area contributed by atoms with Gasteiger partial charge in [0, 0.05) is 18.0 Å². The van der Waals surface area contributed by atoms with Crippen molar-refractivity contribution in [1.29, 1.82) is 0 Å². The van der Waals surface area contributed by atoms with Gasteiger partial charge in [0.2, 0.25) is 0 Å². The Morgan fingerprint density at radius 2 is 2.46 bits per heavy atom. The van der Waals surface area contributed by atoms with Gasteiger partial charge in [-0.25, -0.2) is 0 Å². The first-order chi connectivity index (χ1) is 6.38. The molecule has 0 aliphatic rings. The molecule has 70 valence electrons. The third-order valence-electron chi connectivity index (χ3n) is 1.88. The van der Waals surface area contributed by atoms with Gasteiger partial charge in [0.25, 0.3) is 0 Å². The van der Waals surface area contributed by atoms with Crippen LogP contribution < -0.4 is 5.32 Å². The summed E-state index contributed by atoms with van der Waals surface area (Å²) in [6, 6.07) is 2.28. The molecule has 13 heavy (non-hydrogen) atoms. The minimum atomic E-state index is 0.302. The van der Waals surface area contributed by atoms with E-state index in [9.17, 15) is 0 Å². The Balaban J connectivity index is 2.60. The van der Waals surface area contributed by atoms with E-state index in [2.05, 4.69) is 24.1 Å². The molecule has 0 amide bonds. The molecule has 0 fully saturated rings. The zero-order valence-corrected chi connectivity index (χ0v) is 8.13. The van der Waals surface area contributed by atoms with Gasteiger partial charge in [0.05, 0.1) is 12.5 Å². The van der Waals surface area contributed by atoms with Crippen molar-refractivity contribution in [2.24, 2.45) is 0 Å². The predicted molar refractivity (Wildman–Crippen MR) is 53.2 cm³/mol. The molecule has 1 atom stereocenters. The van der Waals surface area contributed by atoms with Crippen LogP contribution in [-0.4, -0.2) is 6.54 Å². The van der Waals surface area contributed by atoms with Gasteiger partial charge < -0.3 is 9.73 Å². The molecule has 0 bridgehead atoms. The maximum atomic E-state index is 5.03. The van der Waals surface area contributed by atoms with Crippen molar-refractivity contribution in [3.8, 4) is 11.8 Å². The van der Waals surface area contributed by atoms with E-state index in [0.29, 0.717) is 6.04 Å². The van der Waals surface area contributed by atoms with E-state index in [1.165, 1.54) is 5.56 Å². The summed E-state index contributed by atoms with van der Waals surface area (Å²) in [4.78, 5) is 0. The van der Waals surface area contributed by atoms with Gasteiger partial charge in [-0.05, 0) is 19.5 Å². The van der Waals surface area contributed by atoms with E-state index in [1.54, 1.807) is 12.5 Å². The zero-order valence-electron chi connectivity index (χ0n) is 8.13. The number of rotatable bonds is 4. The molecule has 0 aliphatic carbocycles. The second-order valence-corrected chi connectivity index (χ2v) is 2.80. The fourth-order valence-corrected chi connectivity index (χ4v) is 1.23. The summed E-state index contributed by atoms with van der Waals surface area (Å²) in [5.41, 5.74) is 1.17. The van der Waals surface area contributed by atoms with Crippen molar-refractivity contribution in [3.63, 3.8) is 0 Å². The molecular formula is C11H15NO. The summed E-state index contributed by atoms with van der Waals surface area (Å²) >= 11 is 0. The molecule has 1 unspecified atom stereocenters. The minimum absolute atomic E-state index is 0.302. The van der Waals surface area contributed by atoms with Crippen molar-refractivity contribution < 1.29 is 4.42 Å². The average molecular weight is 177 g/mol. The number of hydrogen-bond acceptors (Lipinski definition) is 2. The van der Waals surface area contributed by atoms with Crippen molar-refractivity contribution in [2.75, 3.05) is 6.54 Å². The Morgan fingerprint density at radius 3 is 3.00 bits per heavy atom. The minimum Gasteiger partial charge on any atom is -0.472 e. The molecule has 1 rings (SSSR count). The zero-order chi connectivity index (χ0) is 9.52. The van der Waals surface area contributed by atoms with Crippen molar-refractivity contribution in [3.05, 3.63) is 24.2 Å². The van der Waals surface area contributed by atoms with Gasteiger partial charge in [-0.15, -0.1) is 11.8 Å². The van der Waals surface area contributed by atoms with Crippen LogP contribution in [0.3, 0.4) is 0 Å². The molecule has 1 aromatic rings. The van der Waals surface area contributed by atoms with E-state index in [1.807, 2.05) is 13.0 Å². The maximum absolute atomic E-state index is 5.03. The lowest BCUT2D eigenvalue weighted by Crippen LogP contribution is -2.19. The van der Waals surface area contributed by atoms with Crippen LogP contribution in [-0.2, 0) is 0 Å². The van der Waals surface area contributed by atoms with E-state index < -0.39 is 0 Å². The van der Waals surface area contributed by atoms with Crippen LogP contribution in [0.25, 0.3) is 0 Å². The highest BCUT2D eigenvalue weighted by atomic mass is 16.3. The van der Waals surface area contributed by atoms with Crippen LogP contribution in [0.4, 0.5) is 0 Å². The molecule has 0 saturated carbocycles. The number of nitrogens with one attached hydrogen (secondary N) is 1. The highest BCUT2D eigenvalue weighted by molar-refractivity contribution is 5.14. The topological polar surface area (TPSA) is 25.2 Å². The first-order valence-corrected chi connectivity index (χ1v) is 4.53. The molecule has 2 heteroatoms. The second kappa shape index (κ2) is 5.45. The number of furan rings is 1. The molecule has 0 aliphatic heterocycles. The van der Waals surface area contributed by atoms with Crippen molar-refractivity contribution in [1.82, 2.24) is 5.32 Å². The maximum Gasteiger partial charge on any atom is 0.0950 e. The van der Waals surface area contributed by atoms with Crippen LogP contribution in [0.15, 0.2) is 23.0 Å². The van der Waals surface area contributed by atoms with E-state index in [4.69, 9.17) is 4.42 Å². The highest BCUT2D eigenvalue weighted by Gasteiger charge is 2.08. The van der Waals surface area contributed by atoms with Gasteiger partial charge in [-0.3, -0.25) is 0 Å². The normalized spacial score (nSPS) is 11.8. The van der Waals surface area contributed by atoms with Gasteiger partial charge >= 0.3 is 0 Å². The van der Waals surface area contributed by atoms with Gasteiger partial charge in [-0.2, -0.15) is 0 Å². The van der Waals surface area contributed by atoms with Gasteiger partial charge in [-0.1, -0.05) is 6.92 Å². The summed E-state index contributed by atoms with van der Waals surface area (Å²) < 4.78 is 5.03. The lowest BCUT2D eigenvalue weighted by atomic mass is 10.1. The van der Waals surface area contributed by atoms with E-state index in [0.717, 1.165) is 13.0 Å². The fraction of sp³-hybridized carbons (Fsp3) is 0.455. The summed E-state index contributed by atoms with van der Waals surface area (Å²) in [5, 5.41) is 3.36. The summed E-state index contributed by atoms with van der Waals surface area (Å²) in [7, 11) is 0. The van der Waals surface area contributed by atoms with Gasteiger partial charge in [0.15, 0.2) is 0 Å². The highest BCUT2D eigenvalue weighted by Crippen LogP contribution is 2.16. The summed E-state index contributed by atoms with van der Waals surface area (Å²) in [6.07, 6.45) is 4.30. The van der Waals surface area contributed by atoms with Crippen LogP contribution >= 0.6 is 0 Å². The lowest BCUT2D eigenvalue weighted by Gasteiger charge is -2.12. The van der Waals surface area contributed by atoms with Crippen LogP contribution in [0.2, 0.25) is 0 Å². The van der Waals surface area contributed by atoms with Crippen molar-refractivity contribution >= 4 is 0 Å². The molecular weight excluding hydrogens is 162 g/mol. The Hall–Kier alpha value is -1.20. The van der Waals surface area contributed by atoms with E-state index >= 15 is 0 Å². The van der Waals surface area contributed by atoms with Gasteiger partial charge in [0.1, 0.15) is 0 Å². The predicted octanol–water partition coefficient (Wildman–Crippen LogP) is 2.34. The fourth-order valence-electron chi connectivity index (χ4n) is 1.23. The Kier molecular flexibility index (Phi) is 4.14. The first-order valence-electron chi connectivity index (χ1n) is 4.53. The SMILES string of the molecule is CC#CCC(NCC)c1ccoc1. The van der Waals surface area contributed by atoms with Crippen LogP contribution in [0, 0.1) is 11.8 Å². The standard InChI is InChI=1S/C11H15NO/c1-3-5-6-11(12-4-2)10-7-8-13-9-10/h7-9,11-12H,4,6H2,1-2H3. The average Bonchev–Trinajstić information content (AvgIpc) is 2.65. The molecule has 1 heterocycles.